The van der Waals surface area contributed by atoms with E-state index in [1.165, 1.54) is 55.6 Å². The highest BCUT2D eigenvalue weighted by atomic mass is 32.2. The lowest BCUT2D eigenvalue weighted by atomic mass is 10.0. The van der Waals surface area contributed by atoms with Gasteiger partial charge in [-0.3, -0.25) is 4.72 Å². The fourth-order valence-electron chi connectivity index (χ4n) is 3.39. The summed E-state index contributed by atoms with van der Waals surface area (Å²) in [6, 6.07) is 13.4. The average Bonchev–Trinajstić information content (AvgIpc) is 3.14. The fourth-order valence-corrected chi connectivity index (χ4v) is 4.44. The minimum atomic E-state index is -3.91. The van der Waals surface area contributed by atoms with E-state index in [0.29, 0.717) is 34.4 Å². The number of halogens is 2. The minimum absolute atomic E-state index is 0.0425. The predicted octanol–water partition coefficient (Wildman–Crippen LogP) is 5.84. The van der Waals surface area contributed by atoms with Crippen molar-refractivity contribution in [2.24, 2.45) is 0 Å². The molecule has 176 valence electrons. The van der Waals surface area contributed by atoms with Gasteiger partial charge < -0.3 is 14.0 Å². The van der Waals surface area contributed by atoms with Crippen LogP contribution in [0, 0.1) is 25.5 Å². The number of benzene rings is 3. The van der Waals surface area contributed by atoms with Crippen LogP contribution in [0.4, 0.5) is 14.5 Å². The first kappa shape index (κ1) is 23.2. The molecule has 7 nitrogen and oxygen atoms in total. The summed E-state index contributed by atoms with van der Waals surface area (Å²) in [7, 11) is -2.43. The number of nitrogens with one attached hydrogen (secondary N) is 1. The first-order valence-electron chi connectivity index (χ1n) is 10.0. The van der Waals surface area contributed by atoms with Crippen LogP contribution in [0.2, 0.25) is 0 Å². The largest absolute Gasteiger partial charge is 0.497 e. The number of hydrogen-bond acceptors (Lipinski definition) is 6. The lowest BCUT2D eigenvalue weighted by molar-refractivity contribution is 0.393. The maximum atomic E-state index is 14.2. The Hall–Kier alpha value is -3.92. The molecule has 0 fully saturated rings. The van der Waals surface area contributed by atoms with Crippen LogP contribution >= 0.6 is 0 Å². The molecule has 0 bridgehead atoms. The van der Waals surface area contributed by atoms with Gasteiger partial charge in [-0.15, -0.1) is 0 Å². The summed E-state index contributed by atoms with van der Waals surface area (Å²) in [5.41, 5.74) is 1.73. The van der Waals surface area contributed by atoms with Crippen molar-refractivity contribution in [3.63, 3.8) is 0 Å². The Morgan fingerprint density at radius 2 is 1.65 bits per heavy atom. The van der Waals surface area contributed by atoms with Crippen LogP contribution < -0.4 is 14.2 Å². The van der Waals surface area contributed by atoms with Crippen LogP contribution in [0.3, 0.4) is 0 Å². The normalized spacial score (nSPS) is 11.3. The second kappa shape index (κ2) is 9.14. The Balaban J connectivity index is 1.75. The van der Waals surface area contributed by atoms with Gasteiger partial charge in [0.1, 0.15) is 23.1 Å². The molecule has 0 aliphatic rings. The van der Waals surface area contributed by atoms with E-state index in [2.05, 4.69) is 9.88 Å². The van der Waals surface area contributed by atoms with Gasteiger partial charge in [-0.05, 0) is 68.4 Å². The van der Waals surface area contributed by atoms with Crippen molar-refractivity contribution < 1.29 is 31.2 Å². The second-order valence-electron chi connectivity index (χ2n) is 7.37. The smallest absolute Gasteiger partial charge is 0.261 e. The number of sulfonamides is 1. The molecule has 34 heavy (non-hydrogen) atoms. The van der Waals surface area contributed by atoms with E-state index in [9.17, 15) is 17.2 Å². The van der Waals surface area contributed by atoms with Crippen LogP contribution in [0.25, 0.3) is 11.1 Å². The molecule has 0 saturated carbocycles. The first-order chi connectivity index (χ1) is 16.2. The molecular formula is C24H20F2N2O5S. The van der Waals surface area contributed by atoms with Crippen LogP contribution in [0.1, 0.15) is 11.5 Å². The zero-order valence-corrected chi connectivity index (χ0v) is 19.2. The van der Waals surface area contributed by atoms with Gasteiger partial charge in [-0.25, -0.2) is 17.2 Å². The number of ether oxygens (including phenoxy) is 2. The fraction of sp³-hybridized carbons (Fsp3) is 0.125. The number of aryl methyl sites for hydroxylation is 2. The van der Waals surface area contributed by atoms with Crippen molar-refractivity contribution >= 4 is 15.7 Å². The van der Waals surface area contributed by atoms with Gasteiger partial charge in [0.05, 0.1) is 23.3 Å². The Kier molecular flexibility index (Phi) is 6.25. The third-order valence-electron chi connectivity index (χ3n) is 5.02. The third kappa shape index (κ3) is 4.72. The zero-order valence-electron chi connectivity index (χ0n) is 18.4. The molecule has 10 heteroatoms. The summed E-state index contributed by atoms with van der Waals surface area (Å²) < 4.78 is 71.8. The van der Waals surface area contributed by atoms with Crippen LogP contribution in [-0.2, 0) is 10.0 Å². The van der Waals surface area contributed by atoms with E-state index in [0.717, 1.165) is 6.07 Å². The summed E-state index contributed by atoms with van der Waals surface area (Å²) in [6.07, 6.45) is 0. The molecule has 4 rings (SSSR count). The molecule has 1 aromatic heterocycles. The summed E-state index contributed by atoms with van der Waals surface area (Å²) in [5.74, 6) is -0.632. The van der Waals surface area contributed by atoms with E-state index < -0.39 is 21.7 Å². The maximum Gasteiger partial charge on any atom is 0.261 e. The van der Waals surface area contributed by atoms with Crippen molar-refractivity contribution in [1.29, 1.82) is 0 Å². The van der Waals surface area contributed by atoms with Gasteiger partial charge in [0, 0.05) is 17.3 Å². The van der Waals surface area contributed by atoms with Crippen LogP contribution in [0.5, 0.6) is 17.2 Å². The Morgan fingerprint density at radius 1 is 0.941 bits per heavy atom. The Bertz CT molecular complexity index is 1430. The van der Waals surface area contributed by atoms with Gasteiger partial charge in [-0.1, -0.05) is 5.16 Å². The number of nitrogens with zero attached hydrogens (tertiary/aromatic N) is 1. The summed E-state index contributed by atoms with van der Waals surface area (Å²) >= 11 is 0. The van der Waals surface area contributed by atoms with Gasteiger partial charge in [-0.2, -0.15) is 0 Å². The number of hydrogen-bond donors (Lipinski definition) is 1. The Morgan fingerprint density at radius 3 is 2.26 bits per heavy atom. The third-order valence-corrected chi connectivity index (χ3v) is 6.42. The van der Waals surface area contributed by atoms with E-state index in [-0.39, 0.29) is 22.1 Å². The highest BCUT2D eigenvalue weighted by Gasteiger charge is 2.21. The van der Waals surface area contributed by atoms with E-state index in [1.807, 2.05) is 0 Å². The highest BCUT2D eigenvalue weighted by Crippen LogP contribution is 2.39. The molecule has 4 aromatic rings. The molecular weight excluding hydrogens is 466 g/mol. The monoisotopic (exact) mass is 486 g/mol. The molecule has 1 heterocycles. The second-order valence-corrected chi connectivity index (χ2v) is 9.05. The molecule has 0 amide bonds. The molecule has 0 saturated heterocycles. The van der Waals surface area contributed by atoms with Crippen LogP contribution in [0.15, 0.2) is 70.1 Å². The van der Waals surface area contributed by atoms with Crippen molar-refractivity contribution in [2.45, 2.75) is 18.7 Å². The number of rotatable bonds is 7. The van der Waals surface area contributed by atoms with Gasteiger partial charge in [0.2, 0.25) is 0 Å². The van der Waals surface area contributed by atoms with E-state index >= 15 is 0 Å². The molecule has 1 N–H and O–H groups in total. The number of anilines is 1. The van der Waals surface area contributed by atoms with Crippen molar-refractivity contribution in [1.82, 2.24) is 5.16 Å². The molecule has 0 spiro atoms. The molecule has 0 aliphatic carbocycles. The van der Waals surface area contributed by atoms with E-state index in [4.69, 9.17) is 14.0 Å². The quantitative estimate of drug-likeness (QED) is 0.353. The predicted molar refractivity (Wildman–Crippen MR) is 122 cm³/mol. The molecule has 0 aliphatic heterocycles. The standard InChI is InChI=1S/C24H20F2N2O5S/c1-14-24(15(2)33-27-14)20-13-17(28-34(29,30)19-8-6-18(31-3)7-9-19)5-11-22(20)32-23-10-4-16(25)12-21(23)26/h4-13,28H,1-3H3. The maximum absolute atomic E-state index is 14.2. The highest BCUT2D eigenvalue weighted by molar-refractivity contribution is 7.92. The molecule has 0 atom stereocenters. The molecule has 0 unspecified atom stereocenters. The number of aromatic nitrogens is 1. The Labute approximate surface area is 195 Å². The van der Waals surface area contributed by atoms with Gasteiger partial charge in [0.25, 0.3) is 10.0 Å². The van der Waals surface area contributed by atoms with Crippen LogP contribution in [-0.4, -0.2) is 20.7 Å². The topological polar surface area (TPSA) is 90.7 Å². The first-order valence-corrected chi connectivity index (χ1v) is 11.5. The van der Waals surface area contributed by atoms with Gasteiger partial charge >= 0.3 is 0 Å². The van der Waals surface area contributed by atoms with Crippen molar-refractivity contribution in [3.05, 3.63) is 83.8 Å². The van der Waals surface area contributed by atoms with Crippen molar-refractivity contribution in [3.8, 4) is 28.4 Å². The lowest BCUT2D eigenvalue weighted by Crippen LogP contribution is -2.13. The minimum Gasteiger partial charge on any atom is -0.497 e. The summed E-state index contributed by atoms with van der Waals surface area (Å²) in [5, 5.41) is 3.93. The average molecular weight is 486 g/mol. The van der Waals surface area contributed by atoms with Gasteiger partial charge in [0.15, 0.2) is 11.6 Å². The lowest BCUT2D eigenvalue weighted by Gasteiger charge is -2.15. The van der Waals surface area contributed by atoms with Crippen molar-refractivity contribution in [2.75, 3.05) is 11.8 Å². The summed E-state index contributed by atoms with van der Waals surface area (Å²) in [4.78, 5) is 0.0425. The zero-order chi connectivity index (χ0) is 24.5. The number of methoxy groups -OCH3 is 1. The molecule has 3 aromatic carbocycles. The molecule has 0 radical (unpaired) electrons. The summed E-state index contributed by atoms with van der Waals surface area (Å²) in [6.45, 7) is 3.40. The van der Waals surface area contributed by atoms with E-state index in [1.54, 1.807) is 13.8 Å². The SMILES string of the molecule is COc1ccc(S(=O)(=O)Nc2ccc(Oc3ccc(F)cc3F)c(-c3c(C)noc3C)c2)cc1.